The average molecular weight is 296 g/mol. The van der Waals surface area contributed by atoms with Gasteiger partial charge in [0.15, 0.2) is 5.78 Å². The number of methoxy groups -OCH3 is 1. The highest BCUT2D eigenvalue weighted by Crippen LogP contribution is 2.38. The molecule has 0 radical (unpaired) electrons. The Morgan fingerprint density at radius 1 is 1.30 bits per heavy atom. The van der Waals surface area contributed by atoms with Crippen molar-refractivity contribution in [2.75, 3.05) is 18.6 Å². The molecule has 110 valence electrons. The molecule has 0 N–H and O–H groups in total. The molecule has 1 unspecified atom stereocenters. The molecule has 5 nitrogen and oxygen atoms in total. The second-order valence-corrected chi connectivity index (χ2v) is 6.63. The highest BCUT2D eigenvalue weighted by Gasteiger charge is 2.39. The highest BCUT2D eigenvalue weighted by molar-refractivity contribution is 8.00. The number of ketones is 1. The predicted octanol–water partition coefficient (Wildman–Crippen LogP) is 2.67. The second kappa shape index (κ2) is 5.85. The van der Waals surface area contributed by atoms with Gasteiger partial charge in [-0.2, -0.15) is 16.7 Å². The first-order valence-corrected chi connectivity index (χ1v) is 8.40. The third-order valence-electron chi connectivity index (χ3n) is 4.37. The summed E-state index contributed by atoms with van der Waals surface area (Å²) in [6.07, 6.45) is 6.55. The quantitative estimate of drug-likeness (QED) is 0.799. The molecule has 2 aliphatic rings. The first-order chi connectivity index (χ1) is 9.75. The molecular formula is C14H20N2O3S. The van der Waals surface area contributed by atoms with Gasteiger partial charge < -0.3 is 9.26 Å². The van der Waals surface area contributed by atoms with E-state index in [1.165, 1.54) is 12.8 Å². The number of carbonyl (C=O) groups is 1. The summed E-state index contributed by atoms with van der Waals surface area (Å²) < 4.78 is 11.1. The molecule has 1 saturated carbocycles. The molecule has 1 aliphatic heterocycles. The number of carbonyl (C=O) groups excluding carboxylic acids is 1. The van der Waals surface area contributed by atoms with Crippen LogP contribution in [0.1, 0.15) is 56.2 Å². The molecule has 3 rings (SSSR count). The van der Waals surface area contributed by atoms with Gasteiger partial charge in [0.2, 0.25) is 11.7 Å². The minimum Gasteiger partial charge on any atom is -0.370 e. The van der Waals surface area contributed by atoms with Crippen LogP contribution >= 0.6 is 11.8 Å². The molecule has 0 aromatic carbocycles. The minimum atomic E-state index is -0.424. The third-order valence-corrected chi connectivity index (χ3v) is 5.42. The smallest absolute Gasteiger partial charge is 0.238 e. The fourth-order valence-corrected chi connectivity index (χ4v) is 4.14. The fourth-order valence-electron chi connectivity index (χ4n) is 3.06. The number of hydrogen-bond donors (Lipinski definition) is 0. The molecule has 1 aromatic heterocycles. The van der Waals surface area contributed by atoms with E-state index in [0.717, 1.165) is 31.4 Å². The van der Waals surface area contributed by atoms with Gasteiger partial charge in [-0.3, -0.25) is 4.79 Å². The standard InChI is InChI=1S/C14H20N2O3S/c1-18-14(6-4-2-3-5-7-14)13-15-12(19-16-13)10-8-20-9-11(10)17/h10H,2-9H2,1H3. The summed E-state index contributed by atoms with van der Waals surface area (Å²) in [5.41, 5.74) is -0.424. The molecule has 6 heteroatoms. The predicted molar refractivity (Wildman–Crippen MR) is 75.8 cm³/mol. The molecule has 1 aliphatic carbocycles. The van der Waals surface area contributed by atoms with Crippen molar-refractivity contribution in [2.45, 2.75) is 50.0 Å². The van der Waals surface area contributed by atoms with Gasteiger partial charge in [0.05, 0.1) is 5.75 Å². The van der Waals surface area contributed by atoms with Gasteiger partial charge in [0.25, 0.3) is 0 Å². The molecule has 2 heterocycles. The number of nitrogens with zero attached hydrogens (tertiary/aromatic N) is 2. The molecular weight excluding hydrogens is 276 g/mol. The van der Waals surface area contributed by atoms with E-state index in [1.54, 1.807) is 18.9 Å². The molecule has 1 saturated heterocycles. The lowest BCUT2D eigenvalue weighted by Gasteiger charge is -2.27. The van der Waals surface area contributed by atoms with E-state index in [2.05, 4.69) is 10.1 Å². The Labute approximate surface area is 122 Å². The summed E-state index contributed by atoms with van der Waals surface area (Å²) >= 11 is 1.63. The highest BCUT2D eigenvalue weighted by atomic mass is 32.2. The Balaban J connectivity index is 1.85. The lowest BCUT2D eigenvalue weighted by Crippen LogP contribution is -2.29. The van der Waals surface area contributed by atoms with Crippen molar-refractivity contribution in [1.29, 1.82) is 0 Å². The summed E-state index contributed by atoms with van der Waals surface area (Å²) in [7, 11) is 1.72. The van der Waals surface area contributed by atoms with Crippen molar-refractivity contribution in [3.8, 4) is 0 Å². The molecule has 20 heavy (non-hydrogen) atoms. The van der Waals surface area contributed by atoms with Gasteiger partial charge in [-0.25, -0.2) is 0 Å². The first kappa shape index (κ1) is 14.1. The van der Waals surface area contributed by atoms with E-state index >= 15 is 0 Å². The van der Waals surface area contributed by atoms with Crippen LogP contribution in [0.4, 0.5) is 0 Å². The number of aromatic nitrogens is 2. The second-order valence-electron chi connectivity index (χ2n) is 5.60. The monoisotopic (exact) mass is 296 g/mol. The lowest BCUT2D eigenvalue weighted by molar-refractivity contribution is -0.117. The van der Waals surface area contributed by atoms with Crippen LogP contribution in [-0.2, 0) is 15.1 Å². The van der Waals surface area contributed by atoms with Crippen molar-refractivity contribution in [3.05, 3.63) is 11.7 Å². The van der Waals surface area contributed by atoms with Gasteiger partial charge in [-0.1, -0.05) is 30.8 Å². The van der Waals surface area contributed by atoms with Gasteiger partial charge >= 0.3 is 0 Å². The Morgan fingerprint density at radius 3 is 2.65 bits per heavy atom. The van der Waals surface area contributed by atoms with Crippen LogP contribution in [0.2, 0.25) is 0 Å². The van der Waals surface area contributed by atoms with E-state index < -0.39 is 5.60 Å². The average Bonchev–Trinajstić information content (AvgIpc) is 3.03. The molecule has 1 atom stereocenters. The van der Waals surface area contributed by atoms with E-state index in [0.29, 0.717) is 17.5 Å². The Bertz CT molecular complexity index is 481. The van der Waals surface area contributed by atoms with E-state index in [-0.39, 0.29) is 11.7 Å². The van der Waals surface area contributed by atoms with Crippen LogP contribution in [0.15, 0.2) is 4.52 Å². The minimum absolute atomic E-state index is 0.192. The molecule has 1 aromatic rings. The van der Waals surface area contributed by atoms with Crippen LogP contribution in [0.5, 0.6) is 0 Å². The zero-order valence-corrected chi connectivity index (χ0v) is 12.6. The number of ether oxygens (including phenoxy) is 1. The number of rotatable bonds is 3. The Kier molecular flexibility index (Phi) is 4.12. The number of thioether (sulfide) groups is 1. The fraction of sp³-hybridized carbons (Fsp3) is 0.786. The van der Waals surface area contributed by atoms with Crippen LogP contribution in [0.25, 0.3) is 0 Å². The first-order valence-electron chi connectivity index (χ1n) is 7.25. The molecule has 0 amide bonds. The summed E-state index contributed by atoms with van der Waals surface area (Å²) in [5, 5.41) is 4.13. The Hall–Kier alpha value is -0.880. The summed E-state index contributed by atoms with van der Waals surface area (Å²) in [5.74, 6) is 2.37. The number of Topliss-reactive ketones (excluding diaryl/α,β-unsaturated/α-hetero) is 1. The normalized spacial score (nSPS) is 26.6. The maximum absolute atomic E-state index is 11.8. The molecule has 0 bridgehead atoms. The van der Waals surface area contributed by atoms with Crippen molar-refractivity contribution in [3.63, 3.8) is 0 Å². The van der Waals surface area contributed by atoms with Gasteiger partial charge in [0.1, 0.15) is 11.5 Å². The third kappa shape index (κ3) is 2.51. The maximum Gasteiger partial charge on any atom is 0.238 e. The zero-order valence-electron chi connectivity index (χ0n) is 11.8. The lowest BCUT2D eigenvalue weighted by atomic mass is 9.93. The molecule has 0 spiro atoms. The van der Waals surface area contributed by atoms with Gasteiger partial charge in [-0.15, -0.1) is 0 Å². The SMILES string of the molecule is COC1(c2noc(C3CSCC3=O)n2)CCCCCC1. The Morgan fingerprint density at radius 2 is 2.05 bits per heavy atom. The van der Waals surface area contributed by atoms with Crippen molar-refractivity contribution in [2.24, 2.45) is 0 Å². The topological polar surface area (TPSA) is 65.2 Å². The van der Waals surface area contributed by atoms with E-state index in [1.807, 2.05) is 0 Å². The van der Waals surface area contributed by atoms with Crippen LogP contribution in [-0.4, -0.2) is 34.5 Å². The largest absolute Gasteiger partial charge is 0.370 e. The summed E-state index contributed by atoms with van der Waals surface area (Å²) in [6, 6.07) is 0. The zero-order chi connectivity index (χ0) is 14.0. The van der Waals surface area contributed by atoms with Crippen LogP contribution < -0.4 is 0 Å². The van der Waals surface area contributed by atoms with Crippen LogP contribution in [0, 0.1) is 0 Å². The summed E-state index contributed by atoms with van der Waals surface area (Å²) in [4.78, 5) is 16.3. The van der Waals surface area contributed by atoms with Crippen molar-refractivity contribution < 1.29 is 14.1 Å². The van der Waals surface area contributed by atoms with E-state index in [9.17, 15) is 4.79 Å². The maximum atomic E-state index is 11.8. The van der Waals surface area contributed by atoms with Crippen molar-refractivity contribution in [1.82, 2.24) is 10.1 Å². The summed E-state index contributed by atoms with van der Waals surface area (Å²) in [6.45, 7) is 0. The van der Waals surface area contributed by atoms with Gasteiger partial charge in [0, 0.05) is 12.9 Å². The number of hydrogen-bond acceptors (Lipinski definition) is 6. The molecule has 2 fully saturated rings. The van der Waals surface area contributed by atoms with E-state index in [4.69, 9.17) is 9.26 Å². The van der Waals surface area contributed by atoms with Crippen LogP contribution in [0.3, 0.4) is 0 Å². The van der Waals surface area contributed by atoms with Gasteiger partial charge in [-0.05, 0) is 12.8 Å². The van der Waals surface area contributed by atoms with Crippen molar-refractivity contribution >= 4 is 17.5 Å².